The summed E-state index contributed by atoms with van der Waals surface area (Å²) in [5.41, 5.74) is 4.48. The lowest BCUT2D eigenvalue weighted by atomic mass is 10.1. The molecule has 0 fully saturated rings. The van der Waals surface area contributed by atoms with Crippen molar-refractivity contribution in [2.75, 3.05) is 4.90 Å². The van der Waals surface area contributed by atoms with E-state index in [0.29, 0.717) is 22.7 Å². The lowest BCUT2D eigenvalue weighted by molar-refractivity contribution is -0.384. The van der Waals surface area contributed by atoms with E-state index in [1.54, 1.807) is 41.4 Å². The Morgan fingerprint density at radius 2 is 1.68 bits per heavy atom. The van der Waals surface area contributed by atoms with Crippen LogP contribution in [0.15, 0.2) is 119 Å². The molecule has 7 heteroatoms. The van der Waals surface area contributed by atoms with Crippen LogP contribution < -0.4 is 4.90 Å². The van der Waals surface area contributed by atoms with Crippen LogP contribution in [0.4, 0.5) is 11.4 Å². The third-order valence-corrected chi connectivity index (χ3v) is 6.18. The van der Waals surface area contributed by atoms with Gasteiger partial charge in [0, 0.05) is 40.5 Å². The molecule has 1 amide bonds. The number of furan rings is 1. The van der Waals surface area contributed by atoms with Gasteiger partial charge in [-0.05, 0) is 66.2 Å². The van der Waals surface area contributed by atoms with E-state index in [1.807, 2.05) is 66.7 Å². The zero-order chi connectivity index (χ0) is 25.4. The fourth-order valence-corrected chi connectivity index (χ4v) is 4.38. The fourth-order valence-electron chi connectivity index (χ4n) is 4.38. The Morgan fingerprint density at radius 1 is 0.865 bits per heavy atom. The predicted octanol–water partition coefficient (Wildman–Crippen LogP) is 6.87. The minimum atomic E-state index is -0.443. The van der Waals surface area contributed by atoms with E-state index in [4.69, 9.17) is 4.42 Å². The molecular formula is C30H19N3O4. The summed E-state index contributed by atoms with van der Waals surface area (Å²) in [4.78, 5) is 30.3. The van der Waals surface area contributed by atoms with Gasteiger partial charge in [-0.1, -0.05) is 36.4 Å². The Balaban J connectivity index is 1.38. The summed E-state index contributed by atoms with van der Waals surface area (Å²) >= 11 is 0. The SMILES string of the molecule is O=C1/C(=C/c2ccc(-c3ccc([N+](=O)[O-])cc3)o2)C=C(c2ccccc2)N1c1ccc2ncccc2c1. The van der Waals surface area contributed by atoms with Crippen molar-refractivity contribution in [3.8, 4) is 11.3 Å². The van der Waals surface area contributed by atoms with Gasteiger partial charge in [0.25, 0.3) is 11.6 Å². The first-order valence-electron chi connectivity index (χ1n) is 11.6. The lowest BCUT2D eigenvalue weighted by Crippen LogP contribution is -2.24. The predicted molar refractivity (Wildman–Crippen MR) is 142 cm³/mol. The standard InChI is InChI=1S/C30H19N3O4/c34-30-23(18-26-13-15-29(37-26)21-8-10-24(11-9-21)33(35)36)19-28(20-5-2-1-3-6-20)32(30)25-12-14-27-22(17-25)7-4-16-31-27/h1-19H/b23-18+. The molecule has 3 heterocycles. The molecule has 2 aromatic heterocycles. The summed E-state index contributed by atoms with van der Waals surface area (Å²) in [5, 5.41) is 11.9. The summed E-state index contributed by atoms with van der Waals surface area (Å²) in [6.45, 7) is 0. The summed E-state index contributed by atoms with van der Waals surface area (Å²) in [5.74, 6) is 0.888. The van der Waals surface area contributed by atoms with Crippen LogP contribution in [0.2, 0.25) is 0 Å². The number of nitro groups is 1. The third kappa shape index (κ3) is 4.19. The van der Waals surface area contributed by atoms with E-state index in [1.165, 1.54) is 12.1 Å². The zero-order valence-electron chi connectivity index (χ0n) is 19.4. The van der Waals surface area contributed by atoms with E-state index in [-0.39, 0.29) is 11.6 Å². The molecule has 0 spiro atoms. The molecule has 3 aromatic carbocycles. The number of anilines is 1. The topological polar surface area (TPSA) is 89.5 Å². The van der Waals surface area contributed by atoms with E-state index >= 15 is 0 Å². The monoisotopic (exact) mass is 485 g/mol. The van der Waals surface area contributed by atoms with Crippen LogP contribution in [0.25, 0.3) is 34.0 Å². The lowest BCUT2D eigenvalue weighted by Gasteiger charge is -2.21. The Labute approximate surface area is 211 Å². The highest BCUT2D eigenvalue weighted by atomic mass is 16.6. The number of benzene rings is 3. The Kier molecular flexibility index (Phi) is 5.43. The largest absolute Gasteiger partial charge is 0.457 e. The smallest absolute Gasteiger partial charge is 0.269 e. The van der Waals surface area contributed by atoms with E-state index in [9.17, 15) is 14.9 Å². The Bertz CT molecular complexity index is 1720. The summed E-state index contributed by atoms with van der Waals surface area (Å²) in [6.07, 6.45) is 5.31. The summed E-state index contributed by atoms with van der Waals surface area (Å²) in [7, 11) is 0. The van der Waals surface area contributed by atoms with Crippen molar-refractivity contribution in [2.24, 2.45) is 0 Å². The average molecular weight is 485 g/mol. The van der Waals surface area contributed by atoms with Gasteiger partial charge < -0.3 is 4.42 Å². The molecule has 0 atom stereocenters. The van der Waals surface area contributed by atoms with Gasteiger partial charge in [-0.2, -0.15) is 0 Å². The molecule has 5 aromatic rings. The van der Waals surface area contributed by atoms with Crippen molar-refractivity contribution < 1.29 is 14.1 Å². The molecule has 178 valence electrons. The molecule has 0 radical (unpaired) electrons. The highest BCUT2D eigenvalue weighted by molar-refractivity contribution is 6.23. The van der Waals surface area contributed by atoms with Gasteiger partial charge in [0.05, 0.1) is 16.1 Å². The first-order chi connectivity index (χ1) is 18.1. The number of carbonyl (C=O) groups excluding carboxylic acids is 1. The average Bonchev–Trinajstić information content (AvgIpc) is 3.53. The highest BCUT2D eigenvalue weighted by Crippen LogP contribution is 2.36. The third-order valence-electron chi connectivity index (χ3n) is 6.18. The van der Waals surface area contributed by atoms with Crippen molar-refractivity contribution in [1.82, 2.24) is 4.98 Å². The second-order valence-corrected chi connectivity index (χ2v) is 8.52. The fraction of sp³-hybridized carbons (Fsp3) is 0. The number of pyridine rings is 1. The number of amides is 1. The number of rotatable bonds is 5. The maximum atomic E-state index is 13.7. The second-order valence-electron chi connectivity index (χ2n) is 8.52. The Morgan fingerprint density at radius 3 is 2.46 bits per heavy atom. The molecule has 0 saturated heterocycles. The summed E-state index contributed by atoms with van der Waals surface area (Å²) in [6, 6.07) is 29.1. The maximum absolute atomic E-state index is 13.7. The van der Waals surface area contributed by atoms with Gasteiger partial charge in [-0.3, -0.25) is 24.8 Å². The van der Waals surface area contributed by atoms with Crippen molar-refractivity contribution in [3.05, 3.63) is 136 Å². The van der Waals surface area contributed by atoms with Crippen molar-refractivity contribution >= 4 is 40.0 Å². The number of nitrogens with zero attached hydrogens (tertiary/aromatic N) is 3. The molecule has 0 saturated carbocycles. The van der Waals surface area contributed by atoms with Crippen LogP contribution in [0, 0.1) is 10.1 Å². The number of carbonyl (C=O) groups is 1. The van der Waals surface area contributed by atoms with Gasteiger partial charge in [0.1, 0.15) is 11.5 Å². The van der Waals surface area contributed by atoms with E-state index in [0.717, 1.165) is 27.9 Å². The number of fused-ring (bicyclic) bond motifs is 1. The number of hydrogen-bond acceptors (Lipinski definition) is 5. The van der Waals surface area contributed by atoms with Gasteiger partial charge in [-0.25, -0.2) is 0 Å². The van der Waals surface area contributed by atoms with Crippen LogP contribution in [0.5, 0.6) is 0 Å². The molecule has 37 heavy (non-hydrogen) atoms. The second kappa shape index (κ2) is 9.05. The first-order valence-corrected chi connectivity index (χ1v) is 11.6. The molecular weight excluding hydrogens is 466 g/mol. The van der Waals surface area contributed by atoms with E-state index < -0.39 is 4.92 Å². The van der Waals surface area contributed by atoms with Crippen LogP contribution in [0.1, 0.15) is 11.3 Å². The van der Waals surface area contributed by atoms with Crippen molar-refractivity contribution in [3.63, 3.8) is 0 Å². The minimum Gasteiger partial charge on any atom is -0.457 e. The molecule has 1 aliphatic rings. The quantitative estimate of drug-likeness (QED) is 0.154. The van der Waals surface area contributed by atoms with Crippen LogP contribution in [-0.2, 0) is 4.79 Å². The molecule has 0 aliphatic carbocycles. The normalized spacial score (nSPS) is 14.4. The number of hydrogen-bond donors (Lipinski definition) is 0. The maximum Gasteiger partial charge on any atom is 0.269 e. The first kappa shape index (κ1) is 22.2. The molecule has 0 N–H and O–H groups in total. The van der Waals surface area contributed by atoms with Crippen LogP contribution in [0.3, 0.4) is 0 Å². The van der Waals surface area contributed by atoms with Gasteiger partial charge in [0.2, 0.25) is 0 Å². The number of nitro benzene ring substituents is 1. The number of non-ortho nitro benzene ring substituents is 1. The molecule has 7 nitrogen and oxygen atoms in total. The molecule has 0 unspecified atom stereocenters. The minimum absolute atomic E-state index is 0.0114. The molecule has 0 bridgehead atoms. The number of aromatic nitrogens is 1. The van der Waals surface area contributed by atoms with Crippen LogP contribution >= 0.6 is 0 Å². The van der Waals surface area contributed by atoms with Gasteiger partial charge in [-0.15, -0.1) is 0 Å². The zero-order valence-corrected chi connectivity index (χ0v) is 19.4. The molecule has 1 aliphatic heterocycles. The van der Waals surface area contributed by atoms with Gasteiger partial charge in [0.15, 0.2) is 0 Å². The highest BCUT2D eigenvalue weighted by Gasteiger charge is 2.30. The van der Waals surface area contributed by atoms with Crippen molar-refractivity contribution in [1.29, 1.82) is 0 Å². The Hall–Kier alpha value is -5.30. The summed E-state index contributed by atoms with van der Waals surface area (Å²) < 4.78 is 5.97. The van der Waals surface area contributed by atoms with E-state index in [2.05, 4.69) is 4.98 Å². The van der Waals surface area contributed by atoms with Crippen LogP contribution in [-0.4, -0.2) is 15.8 Å². The van der Waals surface area contributed by atoms with Gasteiger partial charge >= 0.3 is 0 Å². The molecule has 6 rings (SSSR count). The van der Waals surface area contributed by atoms with Crippen molar-refractivity contribution in [2.45, 2.75) is 0 Å².